The third-order valence-corrected chi connectivity index (χ3v) is 2.19. The molecule has 0 fully saturated rings. The second kappa shape index (κ2) is 4.83. The summed E-state index contributed by atoms with van der Waals surface area (Å²) >= 11 is 0. The summed E-state index contributed by atoms with van der Waals surface area (Å²) in [4.78, 5) is 11.1. The Hall–Kier alpha value is -1.27. The van der Waals surface area contributed by atoms with Crippen LogP contribution in [-0.4, -0.2) is 25.2 Å². The van der Waals surface area contributed by atoms with Gasteiger partial charge in [-0.1, -0.05) is 0 Å². The fourth-order valence-corrected chi connectivity index (χ4v) is 1.55. The normalized spacial score (nSPS) is 21.9. The Labute approximate surface area is 82.9 Å². The molecule has 1 heterocycles. The Kier molecular flexibility index (Phi) is 3.73. The highest BCUT2D eigenvalue weighted by Crippen LogP contribution is 2.14. The molecule has 1 atom stereocenters. The molecular formula is C8H17N5O. The summed E-state index contributed by atoms with van der Waals surface area (Å²) in [7, 11) is 0. The van der Waals surface area contributed by atoms with Gasteiger partial charge in [0, 0.05) is 0 Å². The molecule has 8 N–H and O–H groups in total. The first-order chi connectivity index (χ1) is 6.69. The lowest BCUT2D eigenvalue weighted by Crippen LogP contribution is -2.51. The molecule has 14 heavy (non-hydrogen) atoms. The van der Waals surface area contributed by atoms with Crippen molar-refractivity contribution in [1.29, 1.82) is 0 Å². The predicted octanol–water partition coefficient (Wildman–Crippen LogP) is -1.46. The van der Waals surface area contributed by atoms with E-state index in [0.29, 0.717) is 31.8 Å². The van der Waals surface area contributed by atoms with Gasteiger partial charge in [-0.25, -0.2) is 4.79 Å². The van der Waals surface area contributed by atoms with Gasteiger partial charge < -0.3 is 22.5 Å². The van der Waals surface area contributed by atoms with E-state index in [1.54, 1.807) is 0 Å². The summed E-state index contributed by atoms with van der Waals surface area (Å²) in [6, 6.07) is -0.348. The number of nitrogens with one attached hydrogen (secondary N) is 2. The third-order valence-electron chi connectivity index (χ3n) is 2.19. The van der Waals surface area contributed by atoms with E-state index >= 15 is 0 Å². The molecule has 0 saturated heterocycles. The molecule has 0 aromatic rings. The van der Waals surface area contributed by atoms with Gasteiger partial charge >= 0.3 is 6.03 Å². The monoisotopic (exact) mass is 199 g/mol. The molecule has 6 nitrogen and oxygen atoms in total. The highest BCUT2D eigenvalue weighted by atomic mass is 16.2. The van der Waals surface area contributed by atoms with Crippen molar-refractivity contribution in [2.45, 2.75) is 18.9 Å². The lowest BCUT2D eigenvalue weighted by Gasteiger charge is -2.28. The number of carbonyl (C=O) groups excluding carboxylic acids is 1. The average molecular weight is 199 g/mol. The van der Waals surface area contributed by atoms with Crippen LogP contribution >= 0.6 is 0 Å². The Balaban J connectivity index is 2.78. The minimum Gasteiger partial charge on any atom is -0.385 e. The molecule has 0 bridgehead atoms. The van der Waals surface area contributed by atoms with Gasteiger partial charge in [-0.05, 0) is 31.5 Å². The third kappa shape index (κ3) is 2.36. The van der Waals surface area contributed by atoms with Crippen molar-refractivity contribution in [3.8, 4) is 0 Å². The first-order valence-electron chi connectivity index (χ1n) is 4.65. The van der Waals surface area contributed by atoms with Crippen molar-refractivity contribution in [1.82, 2.24) is 10.6 Å². The predicted molar refractivity (Wildman–Crippen MR) is 54.0 cm³/mol. The first kappa shape index (κ1) is 10.8. The van der Waals surface area contributed by atoms with Crippen molar-refractivity contribution in [2.24, 2.45) is 17.2 Å². The molecule has 0 aliphatic carbocycles. The van der Waals surface area contributed by atoms with Crippen LogP contribution in [0.5, 0.6) is 0 Å². The number of urea groups is 1. The molecule has 1 aliphatic rings. The van der Waals surface area contributed by atoms with Crippen LogP contribution in [0.2, 0.25) is 0 Å². The standard InChI is InChI=1S/C8H17N5O/c9-3-1-5-6(2-4-10)12-8(14)13-7(5)11/h6H,1-4,9-11H2,(H2,12,13,14). The summed E-state index contributed by atoms with van der Waals surface area (Å²) in [5, 5.41) is 5.27. The van der Waals surface area contributed by atoms with Crippen molar-refractivity contribution < 1.29 is 4.79 Å². The topological polar surface area (TPSA) is 119 Å². The van der Waals surface area contributed by atoms with Gasteiger partial charge in [0.1, 0.15) is 5.82 Å². The number of nitrogens with two attached hydrogens (primary N) is 3. The van der Waals surface area contributed by atoms with E-state index in [0.717, 1.165) is 5.57 Å². The Morgan fingerprint density at radius 1 is 1.29 bits per heavy atom. The van der Waals surface area contributed by atoms with E-state index in [9.17, 15) is 4.79 Å². The second-order valence-electron chi connectivity index (χ2n) is 3.21. The maximum Gasteiger partial charge on any atom is 0.320 e. The van der Waals surface area contributed by atoms with E-state index in [2.05, 4.69) is 10.6 Å². The number of hydrogen-bond acceptors (Lipinski definition) is 4. The van der Waals surface area contributed by atoms with Gasteiger partial charge in [-0.3, -0.25) is 5.32 Å². The molecule has 1 rings (SSSR count). The van der Waals surface area contributed by atoms with Crippen molar-refractivity contribution in [2.75, 3.05) is 13.1 Å². The fraction of sp³-hybridized carbons (Fsp3) is 0.625. The molecule has 0 aromatic heterocycles. The summed E-state index contributed by atoms with van der Waals surface area (Å²) in [6.45, 7) is 1.01. The maximum atomic E-state index is 11.1. The van der Waals surface area contributed by atoms with Crippen LogP contribution in [0.4, 0.5) is 4.79 Å². The summed E-state index contributed by atoms with van der Waals surface area (Å²) in [6.07, 6.45) is 1.35. The minimum atomic E-state index is -0.276. The molecule has 1 aliphatic heterocycles. The summed E-state index contributed by atoms with van der Waals surface area (Å²) in [5.74, 6) is 0.414. The Morgan fingerprint density at radius 3 is 2.57 bits per heavy atom. The van der Waals surface area contributed by atoms with Crippen LogP contribution in [0.15, 0.2) is 11.4 Å². The second-order valence-corrected chi connectivity index (χ2v) is 3.21. The highest BCUT2D eigenvalue weighted by molar-refractivity contribution is 5.78. The Bertz CT molecular complexity index is 250. The van der Waals surface area contributed by atoms with Crippen molar-refractivity contribution in [3.63, 3.8) is 0 Å². The van der Waals surface area contributed by atoms with E-state index < -0.39 is 0 Å². The van der Waals surface area contributed by atoms with Crippen LogP contribution < -0.4 is 27.8 Å². The summed E-state index contributed by atoms with van der Waals surface area (Å²) < 4.78 is 0. The van der Waals surface area contributed by atoms with E-state index in [1.165, 1.54) is 0 Å². The lowest BCUT2D eigenvalue weighted by atomic mass is 9.99. The van der Waals surface area contributed by atoms with Crippen LogP contribution in [0.3, 0.4) is 0 Å². The van der Waals surface area contributed by atoms with E-state index in [1.807, 2.05) is 0 Å². The maximum absolute atomic E-state index is 11.1. The van der Waals surface area contributed by atoms with Crippen molar-refractivity contribution in [3.05, 3.63) is 11.4 Å². The zero-order chi connectivity index (χ0) is 10.6. The molecule has 1 unspecified atom stereocenters. The molecule has 2 amide bonds. The van der Waals surface area contributed by atoms with E-state index in [4.69, 9.17) is 17.2 Å². The zero-order valence-electron chi connectivity index (χ0n) is 8.05. The molecule has 0 aromatic carbocycles. The van der Waals surface area contributed by atoms with Crippen LogP contribution in [-0.2, 0) is 0 Å². The zero-order valence-corrected chi connectivity index (χ0v) is 8.05. The van der Waals surface area contributed by atoms with Gasteiger partial charge in [0.25, 0.3) is 0 Å². The molecule has 0 saturated carbocycles. The van der Waals surface area contributed by atoms with Crippen molar-refractivity contribution >= 4 is 6.03 Å². The number of carbonyl (C=O) groups is 1. The largest absolute Gasteiger partial charge is 0.385 e. The van der Waals surface area contributed by atoms with E-state index in [-0.39, 0.29) is 12.1 Å². The molecule has 6 heteroatoms. The molecular weight excluding hydrogens is 182 g/mol. The number of hydrogen-bond donors (Lipinski definition) is 5. The van der Waals surface area contributed by atoms with Gasteiger partial charge in [0.15, 0.2) is 0 Å². The van der Waals surface area contributed by atoms with Crippen LogP contribution in [0.25, 0.3) is 0 Å². The molecule has 80 valence electrons. The lowest BCUT2D eigenvalue weighted by molar-refractivity contribution is 0.237. The number of amides is 2. The quantitative estimate of drug-likeness (QED) is 0.380. The fourth-order valence-electron chi connectivity index (χ4n) is 1.55. The van der Waals surface area contributed by atoms with Gasteiger partial charge in [-0.2, -0.15) is 0 Å². The highest BCUT2D eigenvalue weighted by Gasteiger charge is 2.23. The SMILES string of the molecule is NCCC1=C(N)NC(=O)NC1CCN. The summed E-state index contributed by atoms with van der Waals surface area (Å²) in [5.41, 5.74) is 17.5. The average Bonchev–Trinajstić information content (AvgIpc) is 2.11. The number of rotatable bonds is 4. The first-order valence-corrected chi connectivity index (χ1v) is 4.65. The Morgan fingerprint density at radius 2 is 2.00 bits per heavy atom. The smallest absolute Gasteiger partial charge is 0.320 e. The van der Waals surface area contributed by atoms with Gasteiger partial charge in [0.2, 0.25) is 0 Å². The minimum absolute atomic E-state index is 0.0719. The van der Waals surface area contributed by atoms with Crippen LogP contribution in [0, 0.1) is 0 Å². The van der Waals surface area contributed by atoms with Crippen LogP contribution in [0.1, 0.15) is 12.8 Å². The van der Waals surface area contributed by atoms with Gasteiger partial charge in [0.05, 0.1) is 6.04 Å². The molecule has 0 radical (unpaired) electrons. The van der Waals surface area contributed by atoms with Gasteiger partial charge in [-0.15, -0.1) is 0 Å². The molecule has 0 spiro atoms.